The van der Waals surface area contributed by atoms with E-state index in [2.05, 4.69) is 6.58 Å². The van der Waals surface area contributed by atoms with Gasteiger partial charge in [0.2, 0.25) is 0 Å². The van der Waals surface area contributed by atoms with Crippen LogP contribution in [0.25, 0.3) is 0 Å². The zero-order valence-electron chi connectivity index (χ0n) is 28.2. The maximum atomic E-state index is 13.3. The number of fused-ring (bicyclic) bond motifs is 3. The van der Waals surface area contributed by atoms with Crippen molar-refractivity contribution in [2.24, 2.45) is 23.2 Å². The lowest BCUT2D eigenvalue weighted by molar-refractivity contribution is -0.280. The summed E-state index contributed by atoms with van der Waals surface area (Å²) in [7, 11) is 0. The van der Waals surface area contributed by atoms with Gasteiger partial charge >= 0.3 is 35.8 Å². The number of esters is 6. The maximum absolute atomic E-state index is 13.3. The van der Waals surface area contributed by atoms with Crippen molar-refractivity contribution in [1.29, 1.82) is 0 Å². The monoisotopic (exact) mass is 698 g/mol. The number of allylic oxidation sites excluding steroid dienone is 1. The fraction of sp³-hybridized carbons (Fsp3) is 0.697. The molecule has 0 bridgehead atoms. The Labute approximate surface area is 283 Å². The van der Waals surface area contributed by atoms with Gasteiger partial charge < -0.3 is 38.3 Å². The number of carbonyl (C=O) groups excluding carboxylic acids is 6. The second-order valence-corrected chi connectivity index (χ2v) is 14.0. The lowest BCUT2D eigenvalue weighted by Crippen LogP contribution is -2.76. The second kappa shape index (κ2) is 13.4. The molecule has 15 heteroatoms. The number of alkyl halides is 1. The van der Waals surface area contributed by atoms with Crippen LogP contribution in [-0.4, -0.2) is 101 Å². The molecule has 0 radical (unpaired) electrons. The Morgan fingerprint density at radius 2 is 1.50 bits per heavy atom. The minimum Gasteiger partial charge on any atom is -0.459 e. The van der Waals surface area contributed by atoms with Crippen LogP contribution in [0, 0.1) is 23.2 Å². The summed E-state index contributed by atoms with van der Waals surface area (Å²) in [5.41, 5.74) is -5.88. The third-order valence-electron chi connectivity index (χ3n) is 9.60. The molecule has 0 aromatic rings. The summed E-state index contributed by atoms with van der Waals surface area (Å²) in [5, 5.41) is 11.5. The molecule has 2 heterocycles. The first-order chi connectivity index (χ1) is 22.2. The van der Waals surface area contributed by atoms with Crippen LogP contribution in [0.4, 0.5) is 0 Å². The molecule has 1 N–H and O–H groups in total. The average molecular weight is 699 g/mol. The van der Waals surface area contributed by atoms with E-state index in [1.54, 1.807) is 13.8 Å². The fourth-order valence-corrected chi connectivity index (χ4v) is 7.84. The van der Waals surface area contributed by atoms with Crippen molar-refractivity contribution in [3.8, 4) is 0 Å². The van der Waals surface area contributed by atoms with Gasteiger partial charge in [0.05, 0.1) is 23.3 Å². The lowest BCUT2D eigenvalue weighted by Gasteiger charge is -2.59. The van der Waals surface area contributed by atoms with E-state index in [-0.39, 0.29) is 24.5 Å². The Hall–Kier alpha value is -3.49. The first-order valence-electron chi connectivity index (χ1n) is 15.7. The van der Waals surface area contributed by atoms with Crippen LogP contribution in [0.2, 0.25) is 0 Å². The van der Waals surface area contributed by atoms with Gasteiger partial charge in [-0.1, -0.05) is 33.4 Å². The van der Waals surface area contributed by atoms with Gasteiger partial charge in [0.25, 0.3) is 0 Å². The molecule has 12 atom stereocenters. The van der Waals surface area contributed by atoms with Crippen molar-refractivity contribution in [2.75, 3.05) is 6.61 Å². The molecule has 14 nitrogen and oxygen atoms in total. The summed E-state index contributed by atoms with van der Waals surface area (Å²) < 4.78 is 41.3. The van der Waals surface area contributed by atoms with Crippen molar-refractivity contribution < 1.29 is 67.0 Å². The number of ether oxygens (including phenoxy) is 7. The number of rotatable bonds is 7. The standard InChI is InChI=1S/C33H43ClO14/c1-14(2)12-22(39)47-28-24(44-18(6)36)27(45-19(7)37)31(9)21(43-17(5)35)11-10-15(3)23(34)26-33(41,16(4)30(40)48-26)29(46-20(8)38)25(31)32(28)13-42-32/h10-11,14,16,21,23-29,41H,3,12-13H2,1-2,4-9H3. The summed E-state index contributed by atoms with van der Waals surface area (Å²) >= 11 is 6.80. The molecule has 1 saturated carbocycles. The molecule has 3 fully saturated rings. The average Bonchev–Trinajstić information content (AvgIpc) is 3.71. The third kappa shape index (κ3) is 6.46. The molecule has 12 unspecified atom stereocenters. The quantitative estimate of drug-likeness (QED) is 0.176. The van der Waals surface area contributed by atoms with Gasteiger partial charge in [0.1, 0.15) is 17.8 Å². The van der Waals surface area contributed by atoms with Crippen LogP contribution in [0.3, 0.4) is 0 Å². The molecule has 2 saturated heterocycles. The smallest absolute Gasteiger partial charge is 0.312 e. The van der Waals surface area contributed by atoms with Gasteiger partial charge in [-0.2, -0.15) is 0 Å². The van der Waals surface area contributed by atoms with Crippen LogP contribution < -0.4 is 0 Å². The van der Waals surface area contributed by atoms with Crippen molar-refractivity contribution in [2.45, 2.75) is 115 Å². The van der Waals surface area contributed by atoms with Gasteiger partial charge in [-0.25, -0.2) is 0 Å². The number of epoxide rings is 1. The molecule has 2 aliphatic heterocycles. The maximum Gasteiger partial charge on any atom is 0.312 e. The molecule has 266 valence electrons. The van der Waals surface area contributed by atoms with Crippen molar-refractivity contribution in [3.05, 3.63) is 24.3 Å². The third-order valence-corrected chi connectivity index (χ3v) is 10.1. The summed E-state index contributed by atoms with van der Waals surface area (Å²) in [6.45, 7) is 14.6. The highest BCUT2D eigenvalue weighted by molar-refractivity contribution is 6.23. The number of hydrogen-bond donors (Lipinski definition) is 1. The van der Waals surface area contributed by atoms with Crippen molar-refractivity contribution >= 4 is 47.4 Å². The second-order valence-electron chi connectivity index (χ2n) is 13.6. The number of halogens is 1. The highest BCUT2D eigenvalue weighted by Crippen LogP contribution is 2.63. The normalized spacial score (nSPS) is 40.2. The largest absolute Gasteiger partial charge is 0.459 e. The first kappa shape index (κ1) is 37.3. The van der Waals surface area contributed by atoms with Gasteiger partial charge in [0.15, 0.2) is 30.0 Å². The zero-order chi connectivity index (χ0) is 36.1. The number of aliphatic hydroxyl groups is 1. The van der Waals surface area contributed by atoms with Crippen LogP contribution in [0.5, 0.6) is 0 Å². The Morgan fingerprint density at radius 1 is 0.958 bits per heavy atom. The Morgan fingerprint density at radius 3 is 2.00 bits per heavy atom. The van der Waals surface area contributed by atoms with E-state index < -0.39 is 106 Å². The Bertz CT molecular complexity index is 1400. The number of carbonyl (C=O) groups is 6. The minimum absolute atomic E-state index is 0.0624. The molecular formula is C33H43ClO14. The fourth-order valence-electron chi connectivity index (χ4n) is 7.51. The SMILES string of the molecule is C=C1C=CC(OC(C)=O)C2(C)C(OC(C)=O)C(OC(C)=O)C(OC(=O)CC(C)C)C3(CO3)C2C(OC(C)=O)C2(O)C(C)C(=O)OC2C1Cl. The molecule has 0 aromatic heterocycles. The molecule has 1 spiro atoms. The molecule has 2 aliphatic carbocycles. The van der Waals surface area contributed by atoms with E-state index in [1.807, 2.05) is 0 Å². The molecule has 4 rings (SSSR count). The summed E-state index contributed by atoms with van der Waals surface area (Å²) in [4.78, 5) is 77.7. The Kier molecular flexibility index (Phi) is 10.4. The topological polar surface area (TPSA) is 191 Å². The van der Waals surface area contributed by atoms with Crippen molar-refractivity contribution in [1.82, 2.24) is 0 Å². The van der Waals surface area contributed by atoms with E-state index >= 15 is 0 Å². The predicted octanol–water partition coefficient (Wildman–Crippen LogP) is 2.10. The highest BCUT2D eigenvalue weighted by Gasteiger charge is 2.81. The lowest BCUT2D eigenvalue weighted by atomic mass is 9.51. The Balaban J connectivity index is 2.15. The van der Waals surface area contributed by atoms with Crippen LogP contribution >= 0.6 is 11.6 Å². The molecule has 0 aromatic carbocycles. The van der Waals surface area contributed by atoms with E-state index in [0.717, 1.165) is 27.7 Å². The molecule has 4 aliphatic rings. The van der Waals surface area contributed by atoms with Crippen LogP contribution in [0.1, 0.15) is 61.8 Å². The first-order valence-corrected chi connectivity index (χ1v) is 16.1. The van der Waals surface area contributed by atoms with Crippen LogP contribution in [0.15, 0.2) is 24.3 Å². The van der Waals surface area contributed by atoms with Gasteiger partial charge in [-0.3, -0.25) is 28.8 Å². The predicted molar refractivity (Wildman–Crippen MR) is 164 cm³/mol. The summed E-state index contributed by atoms with van der Waals surface area (Å²) in [6.07, 6.45) is -6.71. The highest BCUT2D eigenvalue weighted by atomic mass is 35.5. The molecule has 48 heavy (non-hydrogen) atoms. The molecular weight excluding hydrogens is 656 g/mol. The van der Waals surface area contributed by atoms with Gasteiger partial charge in [-0.15, -0.1) is 11.6 Å². The van der Waals surface area contributed by atoms with E-state index in [4.69, 9.17) is 44.8 Å². The van der Waals surface area contributed by atoms with Gasteiger partial charge in [0, 0.05) is 40.0 Å². The number of hydrogen-bond acceptors (Lipinski definition) is 14. The van der Waals surface area contributed by atoms with E-state index in [9.17, 15) is 33.9 Å². The molecule has 0 amide bonds. The summed E-state index contributed by atoms with van der Waals surface area (Å²) in [5.74, 6) is -7.94. The summed E-state index contributed by atoms with van der Waals surface area (Å²) in [6, 6.07) is 0. The van der Waals surface area contributed by atoms with Crippen molar-refractivity contribution in [3.63, 3.8) is 0 Å². The van der Waals surface area contributed by atoms with Crippen LogP contribution in [-0.2, 0) is 61.9 Å². The minimum atomic E-state index is -2.42. The zero-order valence-corrected chi connectivity index (χ0v) is 28.9. The van der Waals surface area contributed by atoms with E-state index in [1.165, 1.54) is 26.0 Å². The van der Waals surface area contributed by atoms with Gasteiger partial charge in [-0.05, 0) is 24.5 Å². The van der Waals surface area contributed by atoms with E-state index in [0.29, 0.717) is 0 Å².